The van der Waals surface area contributed by atoms with Crippen molar-refractivity contribution in [3.05, 3.63) is 106 Å². The van der Waals surface area contributed by atoms with Crippen molar-refractivity contribution in [2.75, 3.05) is 19.8 Å². The number of nitrogens with zero attached hydrogens (tertiary/aromatic N) is 3. The van der Waals surface area contributed by atoms with Crippen LogP contribution in [0.5, 0.6) is 0 Å². The smallest absolute Gasteiger partial charge is 0.388 e. The molecule has 0 radical (unpaired) electrons. The second-order valence-corrected chi connectivity index (χ2v) is 32.2. The lowest BCUT2D eigenvalue weighted by molar-refractivity contribution is 0.0682. The predicted octanol–water partition coefficient (Wildman–Crippen LogP) is 15.6. The molecule has 434 valence electrons. The fourth-order valence-corrected chi connectivity index (χ4v) is 15.5. The van der Waals surface area contributed by atoms with E-state index in [4.69, 9.17) is 32.1 Å². The first kappa shape index (κ1) is 61.0. The van der Waals surface area contributed by atoms with Crippen LogP contribution in [0.1, 0.15) is 204 Å². The molecule has 5 aromatic rings. The summed E-state index contributed by atoms with van der Waals surface area (Å²) in [5, 5.41) is 1.22. The van der Waals surface area contributed by atoms with E-state index in [1.54, 1.807) is 32.9 Å². The van der Waals surface area contributed by atoms with Crippen LogP contribution in [0.15, 0.2) is 96.0 Å². The second kappa shape index (κ2) is 21.6. The number of sulfonamides is 2. The number of hydrogen-bond donors (Lipinski definition) is 0. The SMILES string of the molecule is CCC(C)[C@H]1CO[C@@H](c2cc(C(C)(C)C)cc3c2op(OC(C)(CC)C2=NC(C)(C)CO2)oc2c([C@@H]4OC[C@H](C(C)CC)N4S(=O)(=O)c4ccc(C(C)(C)C)cc4)cc(C(C)(C)C)cc23)N1S(=O)(=O)c1ccc(C(C)(C)C)cc1. The van der Waals surface area contributed by atoms with Gasteiger partial charge >= 0.3 is 8.24 Å². The zero-order chi connectivity index (χ0) is 58.4. The third kappa shape index (κ3) is 12.0. The van der Waals surface area contributed by atoms with Crippen LogP contribution < -0.4 is 4.52 Å². The molecule has 0 saturated carbocycles. The fourth-order valence-electron chi connectivity index (χ4n) is 10.6. The van der Waals surface area contributed by atoms with Crippen molar-refractivity contribution in [2.24, 2.45) is 16.8 Å². The summed E-state index contributed by atoms with van der Waals surface area (Å²) in [6, 6.07) is 21.6. The van der Waals surface area contributed by atoms with E-state index in [1.165, 1.54) is 0 Å². The Bertz CT molecular complexity index is 3170. The van der Waals surface area contributed by atoms with Gasteiger partial charge in [0.05, 0.1) is 40.6 Å². The maximum absolute atomic E-state index is 15.6. The fraction of sp³-hybridized carbons (Fsp3) is 0.603. The molecule has 3 aliphatic rings. The van der Waals surface area contributed by atoms with Crippen molar-refractivity contribution in [3.63, 3.8) is 0 Å². The Morgan fingerprint density at radius 2 is 0.962 bits per heavy atom. The van der Waals surface area contributed by atoms with Crippen molar-refractivity contribution in [1.29, 1.82) is 0 Å². The monoisotopic (exact) mass is 1140 g/mol. The Morgan fingerprint density at radius 3 is 1.27 bits per heavy atom. The minimum Gasteiger partial charge on any atom is -0.476 e. The highest BCUT2D eigenvalue weighted by atomic mass is 32.2. The lowest BCUT2D eigenvalue weighted by Crippen LogP contribution is -2.41. The van der Waals surface area contributed by atoms with Gasteiger partial charge in [-0.3, -0.25) is 4.52 Å². The minimum atomic E-state index is -4.24. The zero-order valence-corrected chi connectivity index (χ0v) is 53.4. The molecule has 2 saturated heterocycles. The normalized spacial score (nSPS) is 22.7. The molecule has 4 heterocycles. The third-order valence-corrected chi connectivity index (χ3v) is 21.6. The van der Waals surface area contributed by atoms with Gasteiger partial charge in [0, 0.05) is 21.9 Å². The van der Waals surface area contributed by atoms with Crippen LogP contribution in [0.2, 0.25) is 0 Å². The second-order valence-electron chi connectivity index (χ2n) is 27.5. The van der Waals surface area contributed by atoms with Crippen molar-refractivity contribution in [2.45, 2.75) is 225 Å². The number of rotatable bonds is 14. The molecular weight excluding hydrogens is 1050 g/mol. The Kier molecular flexibility index (Phi) is 16.7. The first-order valence-electron chi connectivity index (χ1n) is 28.4. The molecule has 16 heteroatoms. The van der Waals surface area contributed by atoms with Crippen molar-refractivity contribution < 1.29 is 44.0 Å². The summed E-state index contributed by atoms with van der Waals surface area (Å²) in [6.07, 6.45) is -0.457. The lowest BCUT2D eigenvalue weighted by Gasteiger charge is -2.32. The van der Waals surface area contributed by atoms with Gasteiger partial charge in [-0.05, 0) is 131 Å². The van der Waals surface area contributed by atoms with E-state index in [0.717, 1.165) is 22.3 Å². The topological polar surface area (TPSA) is 150 Å². The lowest BCUT2D eigenvalue weighted by atomic mass is 9.83. The van der Waals surface area contributed by atoms with Crippen LogP contribution in [-0.2, 0) is 55.9 Å². The third-order valence-electron chi connectivity index (χ3n) is 16.6. The molecule has 2 fully saturated rings. The quantitative estimate of drug-likeness (QED) is 0.105. The Balaban J connectivity index is 1.50. The van der Waals surface area contributed by atoms with Gasteiger partial charge in [0.2, 0.25) is 25.9 Å². The number of aliphatic imine (C=N–C) groups is 1. The van der Waals surface area contributed by atoms with Crippen molar-refractivity contribution >= 4 is 56.1 Å². The van der Waals surface area contributed by atoms with Crippen LogP contribution in [0, 0.1) is 11.8 Å². The maximum Gasteiger partial charge on any atom is 0.388 e. The van der Waals surface area contributed by atoms with Crippen LogP contribution in [0.4, 0.5) is 0 Å². The first-order valence-corrected chi connectivity index (χ1v) is 32.4. The minimum absolute atomic E-state index is 0.0802. The summed E-state index contributed by atoms with van der Waals surface area (Å²) in [5.41, 5.74) is 2.41. The van der Waals surface area contributed by atoms with E-state index in [2.05, 4.69) is 123 Å². The molecule has 4 aromatic carbocycles. The summed E-state index contributed by atoms with van der Waals surface area (Å²) >= 11 is 0. The van der Waals surface area contributed by atoms with E-state index in [9.17, 15) is 0 Å². The average molecular weight is 1140 g/mol. The Hall–Kier alpha value is -4.05. The molecule has 0 amide bonds. The van der Waals surface area contributed by atoms with Crippen LogP contribution in [0.25, 0.3) is 21.9 Å². The van der Waals surface area contributed by atoms with Gasteiger partial charge in [-0.1, -0.05) is 155 Å². The molecular formula is C63H90N3O10PS2. The highest BCUT2D eigenvalue weighted by Gasteiger charge is 2.50. The molecule has 0 N–H and O–H groups in total. The number of fused-ring (bicyclic) bond motifs is 3. The summed E-state index contributed by atoms with van der Waals surface area (Å²) in [5.74, 6) is 0.244. The molecule has 0 spiro atoms. The average Bonchev–Trinajstić information content (AvgIpc) is 4.14. The Morgan fingerprint density at radius 1 is 0.595 bits per heavy atom. The molecule has 7 atom stereocenters. The van der Waals surface area contributed by atoms with Gasteiger partial charge < -0.3 is 22.6 Å². The van der Waals surface area contributed by atoms with Crippen molar-refractivity contribution in [3.8, 4) is 0 Å². The summed E-state index contributed by atoms with van der Waals surface area (Å²) in [7, 11) is -11.0. The maximum atomic E-state index is 15.6. The summed E-state index contributed by atoms with van der Waals surface area (Å²) in [4.78, 5) is 5.33. The van der Waals surface area contributed by atoms with Crippen LogP contribution >= 0.6 is 8.24 Å². The highest BCUT2D eigenvalue weighted by Crippen LogP contribution is 2.50. The van der Waals surface area contributed by atoms with E-state index in [-0.39, 0.29) is 45.7 Å². The standard InChI is InChI=1S/C63H90N3O10PS2/c1-21-39(4)51-36-71-55(65(51)78(67,68)45-28-24-41(25-29-45)58(6,7)8)49-34-43(60(12,13)14)32-47-48-33-44(61(15,16)17)35-50(54(48)75-77(74-53(47)49)76-63(20,23-3)57-64-62(18,19)38-73-57)56-66(52(37-72-56)40(5)22-2)79(69,70)46-30-26-42(27-31-46)59(9,10)11/h24-35,39-40,51-52,55-56H,21-23,36-38H2,1-20H3/t39?,40?,51-,52-,55+,56+,63?,77?/m1/s1. The molecule has 79 heavy (non-hydrogen) atoms. The van der Waals surface area contributed by atoms with Gasteiger partial charge in [0.1, 0.15) is 6.61 Å². The van der Waals surface area contributed by atoms with Crippen LogP contribution in [0.3, 0.4) is 0 Å². The largest absolute Gasteiger partial charge is 0.476 e. The first-order chi connectivity index (χ1) is 36.5. The molecule has 1 aromatic heterocycles. The summed E-state index contributed by atoms with van der Waals surface area (Å²) < 4.78 is 108. The van der Waals surface area contributed by atoms with Gasteiger partial charge in [-0.15, -0.1) is 0 Å². The zero-order valence-electron chi connectivity index (χ0n) is 50.8. The van der Waals surface area contributed by atoms with Gasteiger partial charge in [-0.2, -0.15) is 8.61 Å². The molecule has 0 bridgehead atoms. The molecule has 8 rings (SSSR count). The Labute approximate surface area is 473 Å². The molecule has 13 nitrogen and oxygen atoms in total. The molecule has 3 aliphatic heterocycles. The van der Waals surface area contributed by atoms with Gasteiger partial charge in [0.15, 0.2) is 29.2 Å². The predicted molar refractivity (Wildman–Crippen MR) is 319 cm³/mol. The number of hydrogen-bond acceptors (Lipinski definition) is 11. The number of benzene rings is 4. The van der Waals surface area contributed by atoms with Gasteiger partial charge in [0.25, 0.3) is 0 Å². The van der Waals surface area contributed by atoms with E-state index in [0.29, 0.717) is 64.8 Å². The molecule has 3 unspecified atom stereocenters. The number of ether oxygens (including phenoxy) is 3. The van der Waals surface area contributed by atoms with E-state index < -0.39 is 74.8 Å². The van der Waals surface area contributed by atoms with Gasteiger partial charge in [-0.25, -0.2) is 21.8 Å². The van der Waals surface area contributed by atoms with Crippen molar-refractivity contribution in [1.82, 2.24) is 8.61 Å². The van der Waals surface area contributed by atoms with E-state index in [1.807, 2.05) is 64.1 Å². The van der Waals surface area contributed by atoms with Crippen LogP contribution in [-0.4, -0.2) is 74.4 Å². The highest BCUT2D eigenvalue weighted by molar-refractivity contribution is 7.89. The summed E-state index contributed by atoms with van der Waals surface area (Å²) in [6.45, 7) is 42.2. The van der Waals surface area contributed by atoms with E-state index >= 15 is 16.8 Å². The molecule has 0 aliphatic carbocycles.